The third-order valence-electron chi connectivity index (χ3n) is 10.3. The Morgan fingerprint density at radius 3 is 1.77 bits per heavy atom. The van der Waals surface area contributed by atoms with Gasteiger partial charge in [-0.3, -0.25) is 4.99 Å². The first kappa shape index (κ1) is 29.5. The monoisotopic (exact) mass is 598 g/mol. The van der Waals surface area contributed by atoms with Crippen LogP contribution in [0, 0.1) is 6.92 Å². The Balaban J connectivity index is 1.38. The number of hydrogen-bond donors (Lipinski definition) is 0. The van der Waals surface area contributed by atoms with E-state index in [0.29, 0.717) is 0 Å². The van der Waals surface area contributed by atoms with E-state index in [1.807, 2.05) is 0 Å². The molecule has 0 aromatic heterocycles. The van der Waals surface area contributed by atoms with Crippen LogP contribution in [0.5, 0.6) is 0 Å². The minimum Gasteiger partial charge on any atom is -0.342 e. The lowest BCUT2D eigenvalue weighted by Crippen LogP contribution is -2.36. The van der Waals surface area contributed by atoms with E-state index in [1.54, 1.807) is 5.30 Å². The maximum Gasteiger partial charge on any atom is 0.133 e. The van der Waals surface area contributed by atoms with Crippen LogP contribution in [0.1, 0.15) is 104 Å². The Kier molecular flexibility index (Phi) is 9.27. The van der Waals surface area contributed by atoms with Crippen molar-refractivity contribution in [3.63, 3.8) is 0 Å². The van der Waals surface area contributed by atoms with Crippen LogP contribution in [0.25, 0.3) is 0 Å². The summed E-state index contributed by atoms with van der Waals surface area (Å²) in [6, 6.07) is 41.0. The number of rotatable bonds is 8. The minimum atomic E-state index is -0.256. The van der Waals surface area contributed by atoms with E-state index < -0.39 is 0 Å². The number of aryl methyl sites for hydroxylation is 1. The molecule has 0 N–H and O–H groups in total. The molecule has 0 radical (unpaired) electrons. The van der Waals surface area contributed by atoms with Crippen molar-refractivity contribution < 1.29 is 0 Å². The van der Waals surface area contributed by atoms with Gasteiger partial charge in [-0.05, 0) is 65.9 Å². The van der Waals surface area contributed by atoms with Crippen molar-refractivity contribution in [1.82, 2.24) is 4.90 Å². The van der Waals surface area contributed by atoms with Crippen LogP contribution in [0.3, 0.4) is 0 Å². The molecule has 226 valence electrons. The molecule has 7 rings (SSSR count). The van der Waals surface area contributed by atoms with Gasteiger partial charge in [0.15, 0.2) is 0 Å². The highest BCUT2D eigenvalue weighted by atomic mass is 31.1. The van der Waals surface area contributed by atoms with Gasteiger partial charge in [-0.1, -0.05) is 161 Å². The van der Waals surface area contributed by atoms with Crippen LogP contribution in [-0.2, 0) is 6.54 Å². The van der Waals surface area contributed by atoms with Crippen LogP contribution in [0.4, 0.5) is 0 Å². The fraction of sp³-hybridized carbons (Fsp3) is 0.390. The smallest absolute Gasteiger partial charge is 0.133 e. The Morgan fingerprint density at radius 1 is 0.614 bits per heavy atom. The molecule has 44 heavy (non-hydrogen) atoms. The maximum atomic E-state index is 5.77. The first-order valence-electron chi connectivity index (χ1n) is 17.1. The van der Waals surface area contributed by atoms with Gasteiger partial charge in [0.05, 0.1) is 6.04 Å². The second kappa shape index (κ2) is 13.8. The van der Waals surface area contributed by atoms with Gasteiger partial charge in [0.25, 0.3) is 0 Å². The topological polar surface area (TPSA) is 15.6 Å². The van der Waals surface area contributed by atoms with Crippen LogP contribution in [0.15, 0.2) is 114 Å². The second-order valence-corrected chi connectivity index (χ2v) is 16.0. The molecule has 4 aromatic carbocycles. The lowest BCUT2D eigenvalue weighted by molar-refractivity contribution is 0.304. The maximum absolute atomic E-state index is 5.77. The number of hydrogen-bond acceptors (Lipinski definition) is 2. The van der Waals surface area contributed by atoms with E-state index in [9.17, 15) is 0 Å². The van der Waals surface area contributed by atoms with Crippen LogP contribution >= 0.6 is 7.92 Å². The average molecular weight is 599 g/mol. The fourth-order valence-electron chi connectivity index (χ4n) is 8.08. The van der Waals surface area contributed by atoms with Crippen LogP contribution < -0.4 is 5.30 Å². The third kappa shape index (κ3) is 6.29. The summed E-state index contributed by atoms with van der Waals surface area (Å²) in [5.74, 6) is 1.20. The molecule has 2 nitrogen and oxygen atoms in total. The summed E-state index contributed by atoms with van der Waals surface area (Å²) in [5, 5.41) is 1.63. The average Bonchev–Trinajstić information content (AvgIpc) is 3.47. The molecule has 1 aliphatic heterocycles. The minimum absolute atomic E-state index is 0.0442. The molecule has 3 heteroatoms. The highest BCUT2D eigenvalue weighted by molar-refractivity contribution is 7.67. The molecule has 1 heterocycles. The summed E-state index contributed by atoms with van der Waals surface area (Å²) in [4.78, 5) is 8.43. The standard InChI is InChI=1S/C41H47N2P/c1-31-26-28-32(29-27-31)30-43-40(34-18-8-3-9-19-34)39(33-16-6-2-7-17-33)42-41(43)37-24-14-15-25-38(37)44(35-20-10-4-11-21-35)36-22-12-5-13-23-36/h2-3,6-9,14-19,24-29,35-36,39-40H,4-5,10-13,20-23,30H2,1H3/t39-,40-/m0/s1. The molecular weight excluding hydrogens is 551 g/mol. The van der Waals surface area contributed by atoms with E-state index in [-0.39, 0.29) is 20.0 Å². The highest BCUT2D eigenvalue weighted by Gasteiger charge is 2.41. The zero-order chi connectivity index (χ0) is 29.7. The molecule has 3 aliphatic rings. The van der Waals surface area contributed by atoms with E-state index >= 15 is 0 Å². The normalized spacial score (nSPS) is 21.5. The predicted molar refractivity (Wildman–Crippen MR) is 188 cm³/mol. The largest absolute Gasteiger partial charge is 0.342 e. The number of amidine groups is 1. The Hall–Kier alpha value is -3.22. The molecule has 0 spiro atoms. The molecular formula is C41H47N2P. The summed E-state index contributed by atoms with van der Waals surface area (Å²) in [6.07, 6.45) is 14.1. The van der Waals surface area contributed by atoms with Crippen molar-refractivity contribution in [2.45, 2.75) is 101 Å². The summed E-state index contributed by atoms with van der Waals surface area (Å²) in [5.41, 5.74) is 8.40. The van der Waals surface area contributed by atoms with Gasteiger partial charge in [-0.25, -0.2) is 0 Å². The van der Waals surface area contributed by atoms with E-state index in [4.69, 9.17) is 4.99 Å². The van der Waals surface area contributed by atoms with Crippen LogP contribution in [0.2, 0.25) is 0 Å². The van der Waals surface area contributed by atoms with Crippen molar-refractivity contribution in [3.05, 3.63) is 137 Å². The molecule has 0 bridgehead atoms. The molecule has 0 saturated heterocycles. The van der Waals surface area contributed by atoms with Crippen molar-refractivity contribution in [2.75, 3.05) is 0 Å². The fourth-order valence-corrected chi connectivity index (χ4v) is 12.0. The van der Waals surface area contributed by atoms with E-state index in [2.05, 4.69) is 121 Å². The molecule has 2 saturated carbocycles. The molecule has 2 aliphatic carbocycles. The molecule has 2 fully saturated rings. The first-order valence-corrected chi connectivity index (χ1v) is 18.6. The molecule has 0 amide bonds. The lowest BCUT2D eigenvalue weighted by atomic mass is 9.93. The summed E-state index contributed by atoms with van der Waals surface area (Å²) >= 11 is 0. The Bertz CT molecular complexity index is 1500. The third-order valence-corrected chi connectivity index (χ3v) is 13.8. The first-order chi connectivity index (χ1) is 21.8. The number of nitrogens with zero attached hydrogens (tertiary/aromatic N) is 2. The van der Waals surface area contributed by atoms with Gasteiger partial charge >= 0.3 is 0 Å². The van der Waals surface area contributed by atoms with E-state index in [1.165, 1.54) is 97.9 Å². The molecule has 4 aromatic rings. The summed E-state index contributed by atoms with van der Waals surface area (Å²) < 4.78 is 0. The van der Waals surface area contributed by atoms with Gasteiger partial charge in [0.2, 0.25) is 0 Å². The van der Waals surface area contributed by atoms with Crippen LogP contribution in [-0.4, -0.2) is 22.1 Å². The zero-order valence-electron chi connectivity index (χ0n) is 26.3. The van der Waals surface area contributed by atoms with Gasteiger partial charge in [0.1, 0.15) is 11.9 Å². The Morgan fingerprint density at radius 2 is 1.16 bits per heavy atom. The van der Waals surface area contributed by atoms with Gasteiger partial charge < -0.3 is 4.90 Å². The van der Waals surface area contributed by atoms with Crippen molar-refractivity contribution in [3.8, 4) is 0 Å². The molecule has 2 atom stereocenters. The SMILES string of the molecule is Cc1ccc(CN2C(c3ccccc3P(C3CCCCC3)C3CCCCC3)=N[C@@H](c3ccccc3)[C@@H]2c2ccccc2)cc1. The second-order valence-electron chi connectivity index (χ2n) is 13.3. The lowest BCUT2D eigenvalue weighted by Gasteiger charge is -2.40. The van der Waals surface area contributed by atoms with E-state index in [0.717, 1.165) is 17.9 Å². The van der Waals surface area contributed by atoms with Crippen molar-refractivity contribution >= 4 is 19.1 Å². The quantitative estimate of drug-likeness (QED) is 0.184. The summed E-state index contributed by atoms with van der Waals surface area (Å²) in [7, 11) is -0.256. The number of benzene rings is 4. The van der Waals surface area contributed by atoms with Gasteiger partial charge in [-0.15, -0.1) is 0 Å². The summed E-state index contributed by atoms with van der Waals surface area (Å²) in [6.45, 7) is 3.03. The highest BCUT2D eigenvalue weighted by Crippen LogP contribution is 2.56. The van der Waals surface area contributed by atoms with Gasteiger partial charge in [0, 0.05) is 12.1 Å². The molecule has 0 unspecified atom stereocenters. The number of aliphatic imine (C=N–C) groups is 1. The zero-order valence-corrected chi connectivity index (χ0v) is 27.2. The predicted octanol–water partition coefficient (Wildman–Crippen LogP) is 10.5. The van der Waals surface area contributed by atoms with Gasteiger partial charge in [-0.2, -0.15) is 0 Å². The van der Waals surface area contributed by atoms with Crippen molar-refractivity contribution in [2.24, 2.45) is 4.99 Å². The Labute approximate surface area is 266 Å². The van der Waals surface area contributed by atoms with Crippen molar-refractivity contribution in [1.29, 1.82) is 0 Å².